The van der Waals surface area contributed by atoms with Gasteiger partial charge in [-0.25, -0.2) is 4.98 Å². The van der Waals surface area contributed by atoms with Gasteiger partial charge >= 0.3 is 5.97 Å². The van der Waals surface area contributed by atoms with Crippen LogP contribution >= 0.6 is 22.9 Å². The second kappa shape index (κ2) is 8.10. The van der Waals surface area contributed by atoms with Gasteiger partial charge in [0.1, 0.15) is 5.01 Å². The summed E-state index contributed by atoms with van der Waals surface area (Å²) in [7, 11) is 0. The molecular formula is C18H21ClN2O2S. The number of carboxylic acid groups (broad SMARTS) is 1. The Kier molecular flexibility index (Phi) is 5.87. The maximum Gasteiger partial charge on any atom is 0.303 e. The highest BCUT2D eigenvalue weighted by molar-refractivity contribution is 7.09. The zero-order valence-corrected chi connectivity index (χ0v) is 15.0. The van der Waals surface area contributed by atoms with E-state index >= 15 is 0 Å². The maximum atomic E-state index is 10.7. The van der Waals surface area contributed by atoms with Crippen molar-refractivity contribution < 1.29 is 9.90 Å². The normalized spacial score (nSPS) is 18.6. The Bertz CT molecular complexity index is 704. The minimum Gasteiger partial charge on any atom is -0.481 e. The fourth-order valence-corrected chi connectivity index (χ4v) is 4.29. The van der Waals surface area contributed by atoms with Crippen LogP contribution in [-0.2, 0) is 11.3 Å². The summed E-state index contributed by atoms with van der Waals surface area (Å²) >= 11 is 7.91. The molecule has 1 aromatic heterocycles. The van der Waals surface area contributed by atoms with Crippen molar-refractivity contribution in [2.75, 3.05) is 13.1 Å². The van der Waals surface area contributed by atoms with E-state index in [1.165, 1.54) is 0 Å². The predicted octanol–water partition coefficient (Wildman–Crippen LogP) is 4.54. The molecule has 1 aliphatic heterocycles. The van der Waals surface area contributed by atoms with Crippen LogP contribution in [0.15, 0.2) is 29.6 Å². The van der Waals surface area contributed by atoms with Crippen LogP contribution < -0.4 is 0 Å². The molecule has 0 amide bonds. The van der Waals surface area contributed by atoms with Gasteiger partial charge < -0.3 is 5.11 Å². The molecule has 1 N–H and O–H groups in total. The number of likely N-dealkylation sites (tertiary alicyclic amines) is 1. The molecule has 1 atom stereocenters. The van der Waals surface area contributed by atoms with Gasteiger partial charge in [-0.05, 0) is 37.8 Å². The quantitative estimate of drug-likeness (QED) is 0.817. The number of halogens is 1. The van der Waals surface area contributed by atoms with Crippen molar-refractivity contribution in [1.82, 2.24) is 9.88 Å². The molecule has 2 heterocycles. The summed E-state index contributed by atoms with van der Waals surface area (Å²) in [5, 5.41) is 12.7. The van der Waals surface area contributed by atoms with Crippen LogP contribution in [0.5, 0.6) is 0 Å². The fourth-order valence-electron chi connectivity index (χ4n) is 3.23. The molecule has 0 spiro atoms. The van der Waals surface area contributed by atoms with Crippen LogP contribution in [0.3, 0.4) is 0 Å². The molecule has 1 fully saturated rings. The predicted molar refractivity (Wildman–Crippen MR) is 97.4 cm³/mol. The number of aliphatic carboxylic acids is 1. The van der Waals surface area contributed by atoms with Crippen molar-refractivity contribution in [3.8, 4) is 11.3 Å². The molecule has 24 heavy (non-hydrogen) atoms. The Morgan fingerprint density at radius 3 is 3.04 bits per heavy atom. The van der Waals surface area contributed by atoms with E-state index in [0.29, 0.717) is 5.92 Å². The Balaban J connectivity index is 1.60. The van der Waals surface area contributed by atoms with Crippen molar-refractivity contribution >= 4 is 28.9 Å². The number of hydrogen-bond donors (Lipinski definition) is 1. The minimum atomic E-state index is -0.698. The number of carbonyl (C=O) groups is 1. The molecule has 1 aliphatic rings. The number of aromatic nitrogens is 1. The average molecular weight is 365 g/mol. The first-order chi connectivity index (χ1) is 11.6. The van der Waals surface area contributed by atoms with Crippen molar-refractivity contribution in [1.29, 1.82) is 0 Å². The monoisotopic (exact) mass is 364 g/mol. The third kappa shape index (κ3) is 4.56. The number of hydrogen-bond acceptors (Lipinski definition) is 4. The van der Waals surface area contributed by atoms with Crippen LogP contribution in [-0.4, -0.2) is 34.0 Å². The SMILES string of the molecule is O=C(O)CCC1CCCN(Cc2nc(-c3ccccc3Cl)cs2)C1. The van der Waals surface area contributed by atoms with Gasteiger partial charge in [0.15, 0.2) is 0 Å². The minimum absolute atomic E-state index is 0.270. The van der Waals surface area contributed by atoms with E-state index in [0.717, 1.165) is 60.2 Å². The molecule has 6 heteroatoms. The summed E-state index contributed by atoms with van der Waals surface area (Å²) in [5.74, 6) is -0.214. The molecule has 1 aromatic carbocycles. The lowest BCUT2D eigenvalue weighted by Gasteiger charge is -2.31. The first-order valence-electron chi connectivity index (χ1n) is 8.25. The average Bonchev–Trinajstić information content (AvgIpc) is 3.02. The second-order valence-electron chi connectivity index (χ2n) is 6.28. The number of rotatable bonds is 6. The molecular weight excluding hydrogens is 344 g/mol. The molecule has 128 valence electrons. The second-order valence-corrected chi connectivity index (χ2v) is 7.63. The molecule has 2 aromatic rings. The molecule has 4 nitrogen and oxygen atoms in total. The third-order valence-corrected chi connectivity index (χ3v) is 5.59. The summed E-state index contributed by atoms with van der Waals surface area (Å²) in [6.45, 7) is 2.86. The summed E-state index contributed by atoms with van der Waals surface area (Å²) in [4.78, 5) is 17.9. The summed E-state index contributed by atoms with van der Waals surface area (Å²) in [5.41, 5.74) is 1.90. The van der Waals surface area contributed by atoms with Crippen molar-refractivity contribution in [2.24, 2.45) is 5.92 Å². The van der Waals surface area contributed by atoms with Gasteiger partial charge in [0, 0.05) is 28.9 Å². The first kappa shape index (κ1) is 17.4. The summed E-state index contributed by atoms with van der Waals surface area (Å²) in [6.07, 6.45) is 3.31. The van der Waals surface area contributed by atoms with E-state index in [2.05, 4.69) is 10.3 Å². The molecule has 0 saturated carbocycles. The van der Waals surface area contributed by atoms with Crippen LogP contribution in [0, 0.1) is 5.92 Å². The third-order valence-electron chi connectivity index (χ3n) is 4.43. The Labute approximate surface area is 151 Å². The van der Waals surface area contributed by atoms with Gasteiger partial charge in [0.2, 0.25) is 0 Å². The van der Waals surface area contributed by atoms with Crippen molar-refractivity contribution in [3.63, 3.8) is 0 Å². The Hall–Kier alpha value is -1.43. The fraction of sp³-hybridized carbons (Fsp3) is 0.444. The molecule has 0 aliphatic carbocycles. The number of thiazole rings is 1. The topological polar surface area (TPSA) is 53.4 Å². The van der Waals surface area contributed by atoms with Gasteiger partial charge in [0.05, 0.1) is 12.2 Å². The Morgan fingerprint density at radius 2 is 2.25 bits per heavy atom. The van der Waals surface area contributed by atoms with Gasteiger partial charge in [-0.2, -0.15) is 0 Å². The van der Waals surface area contributed by atoms with E-state index < -0.39 is 5.97 Å². The zero-order valence-electron chi connectivity index (χ0n) is 13.4. The number of carboxylic acids is 1. The Morgan fingerprint density at radius 1 is 1.42 bits per heavy atom. The van der Waals surface area contributed by atoms with E-state index in [1.54, 1.807) is 11.3 Å². The lowest BCUT2D eigenvalue weighted by atomic mass is 9.93. The lowest BCUT2D eigenvalue weighted by Crippen LogP contribution is -2.35. The van der Waals surface area contributed by atoms with Gasteiger partial charge in [-0.3, -0.25) is 9.69 Å². The van der Waals surface area contributed by atoms with Crippen LogP contribution in [0.2, 0.25) is 5.02 Å². The van der Waals surface area contributed by atoms with Crippen LogP contribution in [0.4, 0.5) is 0 Å². The van der Waals surface area contributed by atoms with Gasteiger partial charge in [-0.1, -0.05) is 29.8 Å². The molecule has 1 unspecified atom stereocenters. The largest absolute Gasteiger partial charge is 0.481 e. The highest BCUT2D eigenvalue weighted by Crippen LogP contribution is 2.29. The van der Waals surface area contributed by atoms with E-state index in [-0.39, 0.29) is 6.42 Å². The summed E-state index contributed by atoms with van der Waals surface area (Å²) < 4.78 is 0. The number of nitrogens with zero attached hydrogens (tertiary/aromatic N) is 2. The van der Waals surface area contributed by atoms with E-state index in [4.69, 9.17) is 21.7 Å². The number of benzene rings is 1. The molecule has 3 rings (SSSR count). The lowest BCUT2D eigenvalue weighted by molar-refractivity contribution is -0.137. The van der Waals surface area contributed by atoms with Gasteiger partial charge in [-0.15, -0.1) is 11.3 Å². The van der Waals surface area contributed by atoms with Gasteiger partial charge in [0.25, 0.3) is 0 Å². The zero-order chi connectivity index (χ0) is 16.9. The summed E-state index contributed by atoms with van der Waals surface area (Å²) in [6, 6.07) is 7.76. The van der Waals surface area contributed by atoms with Crippen LogP contribution in [0.1, 0.15) is 30.7 Å². The highest BCUT2D eigenvalue weighted by Gasteiger charge is 2.21. The molecule has 1 saturated heterocycles. The first-order valence-corrected chi connectivity index (χ1v) is 9.51. The molecule has 0 radical (unpaired) electrons. The number of piperidine rings is 1. The van der Waals surface area contributed by atoms with Crippen LogP contribution in [0.25, 0.3) is 11.3 Å². The smallest absolute Gasteiger partial charge is 0.303 e. The highest BCUT2D eigenvalue weighted by atomic mass is 35.5. The standard InChI is InChI=1S/C18H21ClN2O2S/c19-15-6-2-1-5-14(15)16-12-24-17(20-16)11-21-9-3-4-13(10-21)7-8-18(22)23/h1-2,5-6,12-13H,3-4,7-11H2,(H,22,23). The van der Waals surface area contributed by atoms with E-state index in [1.807, 2.05) is 24.3 Å². The maximum absolute atomic E-state index is 10.7. The van der Waals surface area contributed by atoms with E-state index in [9.17, 15) is 4.79 Å². The van der Waals surface area contributed by atoms with Crippen molar-refractivity contribution in [3.05, 3.63) is 39.7 Å². The molecule has 0 bridgehead atoms. The van der Waals surface area contributed by atoms with Crippen molar-refractivity contribution in [2.45, 2.75) is 32.2 Å².